The average molecular weight is 346 g/mol. The zero-order valence-corrected chi connectivity index (χ0v) is 12.9. The number of thiophene rings is 1. The first-order chi connectivity index (χ1) is 9.11. The number of benzene rings is 1. The highest BCUT2D eigenvalue weighted by Crippen LogP contribution is 2.33. The molecular formula is C14H14BrF2NS. The van der Waals surface area contributed by atoms with Crippen LogP contribution in [0.25, 0.3) is 10.4 Å². The lowest BCUT2D eigenvalue weighted by Gasteiger charge is -2.03. The molecule has 0 saturated carbocycles. The molecule has 1 heterocycles. The van der Waals surface area contributed by atoms with E-state index in [1.165, 1.54) is 17.4 Å². The summed E-state index contributed by atoms with van der Waals surface area (Å²) in [6.45, 7) is 3.85. The maximum absolute atomic E-state index is 13.8. The largest absolute Gasteiger partial charge is 0.312 e. The molecule has 0 amide bonds. The molecular weight excluding hydrogens is 332 g/mol. The summed E-state index contributed by atoms with van der Waals surface area (Å²) in [5.74, 6) is -1.11. The topological polar surface area (TPSA) is 12.0 Å². The summed E-state index contributed by atoms with van der Waals surface area (Å²) in [7, 11) is 0. The van der Waals surface area contributed by atoms with E-state index < -0.39 is 11.6 Å². The van der Waals surface area contributed by atoms with Gasteiger partial charge >= 0.3 is 0 Å². The van der Waals surface area contributed by atoms with E-state index in [1.807, 2.05) is 12.1 Å². The second-order valence-corrected chi connectivity index (χ2v) is 6.21. The van der Waals surface area contributed by atoms with Crippen molar-refractivity contribution in [3.8, 4) is 10.4 Å². The van der Waals surface area contributed by atoms with E-state index >= 15 is 0 Å². The first-order valence-corrected chi connectivity index (χ1v) is 7.67. The number of hydrogen-bond donors (Lipinski definition) is 1. The summed E-state index contributed by atoms with van der Waals surface area (Å²) >= 11 is 4.61. The van der Waals surface area contributed by atoms with Crippen molar-refractivity contribution in [1.82, 2.24) is 5.32 Å². The van der Waals surface area contributed by atoms with Gasteiger partial charge in [-0.25, -0.2) is 8.78 Å². The van der Waals surface area contributed by atoms with Crippen LogP contribution in [0, 0.1) is 11.6 Å². The Kier molecular flexibility index (Phi) is 5.07. The molecule has 0 bridgehead atoms. The number of rotatable bonds is 5. The third-order valence-corrected chi connectivity index (χ3v) is 4.39. The van der Waals surface area contributed by atoms with Gasteiger partial charge in [-0.05, 0) is 47.1 Å². The normalized spacial score (nSPS) is 10.9. The van der Waals surface area contributed by atoms with Crippen LogP contribution in [0.3, 0.4) is 0 Å². The van der Waals surface area contributed by atoms with Gasteiger partial charge in [0, 0.05) is 27.9 Å². The molecule has 1 N–H and O–H groups in total. The van der Waals surface area contributed by atoms with Gasteiger partial charge in [0.15, 0.2) is 0 Å². The molecule has 0 saturated heterocycles. The van der Waals surface area contributed by atoms with E-state index in [9.17, 15) is 8.78 Å². The van der Waals surface area contributed by atoms with Crippen molar-refractivity contribution in [3.05, 3.63) is 45.2 Å². The van der Waals surface area contributed by atoms with Crippen molar-refractivity contribution >= 4 is 27.3 Å². The molecule has 2 aromatic rings. The lowest BCUT2D eigenvalue weighted by molar-refractivity contribution is 0.581. The molecule has 0 unspecified atom stereocenters. The molecule has 1 aromatic heterocycles. The van der Waals surface area contributed by atoms with Gasteiger partial charge in [0.1, 0.15) is 11.6 Å². The predicted octanol–water partition coefficient (Wildman–Crippen LogP) is 4.96. The molecule has 0 radical (unpaired) electrons. The van der Waals surface area contributed by atoms with Crippen LogP contribution in [0.4, 0.5) is 8.78 Å². The SMILES string of the molecule is CCCNCc1ccc(-c2cc(Br)c(F)cc2F)s1. The van der Waals surface area contributed by atoms with Crippen LogP contribution in [-0.4, -0.2) is 6.54 Å². The Morgan fingerprint density at radius 2 is 2.00 bits per heavy atom. The molecule has 5 heteroatoms. The predicted molar refractivity (Wildman–Crippen MR) is 79.4 cm³/mol. The molecule has 0 atom stereocenters. The van der Waals surface area contributed by atoms with Crippen molar-refractivity contribution < 1.29 is 8.78 Å². The van der Waals surface area contributed by atoms with Gasteiger partial charge in [0.25, 0.3) is 0 Å². The van der Waals surface area contributed by atoms with Crippen molar-refractivity contribution in [3.63, 3.8) is 0 Å². The van der Waals surface area contributed by atoms with Gasteiger partial charge in [-0.2, -0.15) is 0 Å². The Morgan fingerprint density at radius 3 is 2.74 bits per heavy atom. The fourth-order valence-corrected chi connectivity index (χ4v) is 3.06. The van der Waals surface area contributed by atoms with Crippen molar-refractivity contribution in [1.29, 1.82) is 0 Å². The van der Waals surface area contributed by atoms with Crippen LogP contribution in [-0.2, 0) is 6.54 Å². The first-order valence-electron chi connectivity index (χ1n) is 6.06. The molecule has 1 nitrogen and oxygen atoms in total. The third kappa shape index (κ3) is 3.61. The van der Waals surface area contributed by atoms with Crippen LogP contribution in [0.1, 0.15) is 18.2 Å². The van der Waals surface area contributed by atoms with Crippen molar-refractivity contribution in [2.24, 2.45) is 0 Å². The Morgan fingerprint density at radius 1 is 1.21 bits per heavy atom. The molecule has 0 aliphatic carbocycles. The van der Waals surface area contributed by atoms with Crippen LogP contribution >= 0.6 is 27.3 Å². The fourth-order valence-electron chi connectivity index (χ4n) is 1.72. The Hall–Kier alpha value is -0.780. The Bertz CT molecular complexity index is 569. The van der Waals surface area contributed by atoms with Gasteiger partial charge < -0.3 is 5.32 Å². The zero-order valence-electron chi connectivity index (χ0n) is 10.5. The van der Waals surface area contributed by atoms with E-state index in [0.717, 1.165) is 35.3 Å². The summed E-state index contributed by atoms with van der Waals surface area (Å²) in [4.78, 5) is 1.95. The van der Waals surface area contributed by atoms with Crippen LogP contribution in [0.5, 0.6) is 0 Å². The smallest absolute Gasteiger partial charge is 0.140 e. The van der Waals surface area contributed by atoms with Gasteiger partial charge in [0.2, 0.25) is 0 Å². The van der Waals surface area contributed by atoms with Gasteiger partial charge in [-0.1, -0.05) is 6.92 Å². The molecule has 0 aliphatic rings. The minimum Gasteiger partial charge on any atom is -0.312 e. The van der Waals surface area contributed by atoms with Gasteiger partial charge in [-0.3, -0.25) is 0 Å². The minimum absolute atomic E-state index is 0.281. The first kappa shape index (κ1) is 14.6. The molecule has 0 spiro atoms. The molecule has 19 heavy (non-hydrogen) atoms. The van der Waals surface area contributed by atoms with E-state index in [-0.39, 0.29) is 4.47 Å². The van der Waals surface area contributed by atoms with Crippen LogP contribution in [0.15, 0.2) is 28.7 Å². The summed E-state index contributed by atoms with van der Waals surface area (Å²) in [5, 5.41) is 3.30. The zero-order chi connectivity index (χ0) is 13.8. The number of hydrogen-bond acceptors (Lipinski definition) is 2. The van der Waals surface area contributed by atoms with E-state index in [1.54, 1.807) is 0 Å². The standard InChI is InChI=1S/C14H14BrF2NS/c1-2-5-18-8-9-3-4-14(19-9)10-6-11(15)13(17)7-12(10)16/h3-4,6-7,18H,2,5,8H2,1H3. The van der Waals surface area contributed by atoms with E-state index in [0.29, 0.717) is 5.56 Å². The average Bonchev–Trinajstić information content (AvgIpc) is 2.83. The molecule has 0 aliphatic heterocycles. The summed E-state index contributed by atoms with van der Waals surface area (Å²) < 4.78 is 27.2. The van der Waals surface area contributed by atoms with Gasteiger partial charge in [-0.15, -0.1) is 11.3 Å². The summed E-state index contributed by atoms with van der Waals surface area (Å²) in [6.07, 6.45) is 1.08. The lowest BCUT2D eigenvalue weighted by Crippen LogP contribution is -2.12. The second kappa shape index (κ2) is 6.59. The molecule has 1 aromatic carbocycles. The summed E-state index contributed by atoms with van der Waals surface area (Å²) in [6, 6.07) is 6.24. The van der Waals surface area contributed by atoms with Crippen molar-refractivity contribution in [2.75, 3.05) is 6.54 Å². The Balaban J connectivity index is 2.20. The fraction of sp³-hybridized carbons (Fsp3) is 0.286. The molecule has 0 fully saturated rings. The lowest BCUT2D eigenvalue weighted by atomic mass is 10.2. The minimum atomic E-state index is -0.581. The summed E-state index contributed by atoms with van der Waals surface area (Å²) in [5.41, 5.74) is 0.431. The molecule has 102 valence electrons. The van der Waals surface area contributed by atoms with Crippen LogP contribution in [0.2, 0.25) is 0 Å². The highest BCUT2D eigenvalue weighted by Gasteiger charge is 2.12. The monoisotopic (exact) mass is 345 g/mol. The number of halogens is 3. The van der Waals surface area contributed by atoms with Gasteiger partial charge in [0.05, 0.1) is 4.47 Å². The van der Waals surface area contributed by atoms with E-state index in [4.69, 9.17) is 0 Å². The quantitative estimate of drug-likeness (QED) is 0.596. The highest BCUT2D eigenvalue weighted by atomic mass is 79.9. The third-order valence-electron chi connectivity index (χ3n) is 2.66. The second-order valence-electron chi connectivity index (χ2n) is 4.19. The van der Waals surface area contributed by atoms with Crippen LogP contribution < -0.4 is 5.32 Å². The number of nitrogens with one attached hydrogen (secondary N) is 1. The maximum Gasteiger partial charge on any atom is 0.140 e. The highest BCUT2D eigenvalue weighted by molar-refractivity contribution is 9.10. The van der Waals surface area contributed by atoms with E-state index in [2.05, 4.69) is 28.2 Å². The van der Waals surface area contributed by atoms with Crippen molar-refractivity contribution in [2.45, 2.75) is 19.9 Å². The molecule has 2 rings (SSSR count). The Labute approximate surface area is 123 Å². The maximum atomic E-state index is 13.8.